The van der Waals surface area contributed by atoms with Crippen LogP contribution in [0.1, 0.15) is 17.3 Å². The fraction of sp³-hybridized carbons (Fsp3) is 0.250. The van der Waals surface area contributed by atoms with E-state index >= 15 is 0 Å². The van der Waals surface area contributed by atoms with E-state index in [2.05, 4.69) is 9.71 Å². The largest absolute Gasteiger partial charge is 0.444 e. The Hall–Kier alpha value is -2.00. The highest BCUT2D eigenvalue weighted by Crippen LogP contribution is 2.22. The van der Waals surface area contributed by atoms with Crippen molar-refractivity contribution in [2.24, 2.45) is 0 Å². The minimum Gasteiger partial charge on any atom is -0.444 e. The number of rotatable bonds is 4. The van der Waals surface area contributed by atoms with Gasteiger partial charge in [-0.1, -0.05) is 0 Å². The predicted octanol–water partition coefficient (Wildman–Crippen LogP) is 1.63. The van der Waals surface area contributed by atoms with Crippen molar-refractivity contribution in [1.82, 2.24) is 9.71 Å². The first-order chi connectivity index (χ1) is 9.72. The molecule has 0 fully saturated rings. The Morgan fingerprint density at radius 1 is 1.33 bits per heavy atom. The molecule has 0 spiro atoms. The molecule has 21 heavy (non-hydrogen) atoms. The number of hydrogen-bond donors (Lipinski definition) is 2. The van der Waals surface area contributed by atoms with E-state index in [4.69, 9.17) is 10.2 Å². The lowest BCUT2D eigenvalue weighted by atomic mass is 10.3. The summed E-state index contributed by atoms with van der Waals surface area (Å²) in [5.41, 5.74) is 4.92. The van der Waals surface area contributed by atoms with Crippen molar-refractivity contribution in [2.45, 2.75) is 25.3 Å². The summed E-state index contributed by atoms with van der Waals surface area (Å²) in [5.74, 6) is -1.65. The second-order valence-electron chi connectivity index (χ2n) is 4.35. The molecule has 0 atom stereocenters. The Balaban J connectivity index is 2.25. The molecule has 0 bridgehead atoms. The number of nitrogen functional groups attached to an aromatic ring is 1. The third-order valence-electron chi connectivity index (χ3n) is 2.87. The summed E-state index contributed by atoms with van der Waals surface area (Å²) in [6.07, 6.45) is 0. The van der Waals surface area contributed by atoms with E-state index < -0.39 is 32.2 Å². The van der Waals surface area contributed by atoms with Gasteiger partial charge in [0.2, 0.25) is 15.9 Å². The number of nitrogens with two attached hydrogens (primary N) is 1. The average Bonchev–Trinajstić information content (AvgIpc) is 2.73. The molecular formula is C12H13F2N3O3S. The average molecular weight is 317 g/mol. The van der Waals surface area contributed by atoms with Crippen LogP contribution in [0.25, 0.3) is 0 Å². The molecule has 114 valence electrons. The molecule has 0 amide bonds. The Bertz CT molecular complexity index is 768. The van der Waals surface area contributed by atoms with Gasteiger partial charge in [-0.3, -0.25) is 0 Å². The Kier molecular flexibility index (Phi) is 3.97. The van der Waals surface area contributed by atoms with E-state index in [1.165, 1.54) is 0 Å². The molecule has 0 saturated heterocycles. The summed E-state index contributed by atoms with van der Waals surface area (Å²) in [6, 6.07) is 1.59. The number of benzene rings is 1. The van der Waals surface area contributed by atoms with Gasteiger partial charge >= 0.3 is 0 Å². The van der Waals surface area contributed by atoms with Crippen molar-refractivity contribution in [1.29, 1.82) is 0 Å². The van der Waals surface area contributed by atoms with Crippen molar-refractivity contribution in [2.75, 3.05) is 5.73 Å². The zero-order chi connectivity index (χ0) is 15.8. The summed E-state index contributed by atoms with van der Waals surface area (Å²) in [4.78, 5) is 3.25. The molecule has 0 aliphatic rings. The molecule has 9 heteroatoms. The van der Waals surface area contributed by atoms with E-state index in [-0.39, 0.29) is 12.4 Å². The number of aryl methyl sites for hydroxylation is 2. The van der Waals surface area contributed by atoms with Crippen LogP contribution in [-0.2, 0) is 16.6 Å². The number of nitrogens with zero attached hydrogens (tertiary/aromatic N) is 1. The van der Waals surface area contributed by atoms with Crippen molar-refractivity contribution in [3.63, 3.8) is 0 Å². The smallest absolute Gasteiger partial charge is 0.244 e. The zero-order valence-electron chi connectivity index (χ0n) is 11.3. The quantitative estimate of drug-likeness (QED) is 0.835. The van der Waals surface area contributed by atoms with Crippen molar-refractivity contribution >= 4 is 15.7 Å². The molecule has 6 nitrogen and oxygen atoms in total. The minimum absolute atomic E-state index is 0.143. The molecule has 3 N–H and O–H groups in total. The highest BCUT2D eigenvalue weighted by molar-refractivity contribution is 7.89. The molecule has 0 radical (unpaired) electrons. The van der Waals surface area contributed by atoms with Crippen LogP contribution in [0.4, 0.5) is 14.5 Å². The Morgan fingerprint density at radius 3 is 2.57 bits per heavy atom. The predicted molar refractivity (Wildman–Crippen MR) is 70.8 cm³/mol. The lowest BCUT2D eigenvalue weighted by molar-refractivity contribution is 0.462. The number of nitrogens with one attached hydrogen (secondary N) is 1. The van der Waals surface area contributed by atoms with Crippen LogP contribution in [0, 0.1) is 25.5 Å². The Morgan fingerprint density at radius 2 is 2.00 bits per heavy atom. The van der Waals surface area contributed by atoms with Crippen LogP contribution in [-0.4, -0.2) is 13.4 Å². The lowest BCUT2D eigenvalue weighted by Gasteiger charge is -2.08. The topological polar surface area (TPSA) is 98.2 Å². The third-order valence-corrected chi connectivity index (χ3v) is 4.29. The monoisotopic (exact) mass is 317 g/mol. The fourth-order valence-electron chi connectivity index (χ4n) is 1.61. The maximum atomic E-state index is 13.7. The highest BCUT2D eigenvalue weighted by atomic mass is 32.2. The van der Waals surface area contributed by atoms with Crippen LogP contribution >= 0.6 is 0 Å². The lowest BCUT2D eigenvalue weighted by Crippen LogP contribution is -2.25. The molecule has 2 rings (SSSR count). The first-order valence-corrected chi connectivity index (χ1v) is 7.36. The number of hydrogen-bond acceptors (Lipinski definition) is 5. The molecular weight excluding hydrogens is 304 g/mol. The van der Waals surface area contributed by atoms with E-state index in [0.29, 0.717) is 11.5 Å². The maximum Gasteiger partial charge on any atom is 0.244 e. The number of sulfonamides is 1. The van der Waals surface area contributed by atoms with Crippen molar-refractivity contribution in [3.05, 3.63) is 41.1 Å². The van der Waals surface area contributed by atoms with Gasteiger partial charge in [0, 0.05) is 0 Å². The van der Waals surface area contributed by atoms with Gasteiger partial charge < -0.3 is 10.2 Å². The molecule has 0 unspecified atom stereocenters. The summed E-state index contributed by atoms with van der Waals surface area (Å²) in [5, 5.41) is 0. The summed E-state index contributed by atoms with van der Waals surface area (Å²) in [7, 11) is -4.20. The van der Waals surface area contributed by atoms with Crippen LogP contribution in [0.2, 0.25) is 0 Å². The standard InChI is InChI=1S/C12H13F2N3O3S/c1-6-7(2)20-10(17-6)5-16-21(18,19)9-4-3-8(13)12(15)11(9)14/h3-4,16H,5,15H2,1-2H3. The van der Waals surface area contributed by atoms with Gasteiger partial charge in [0.05, 0.1) is 12.2 Å². The van der Waals surface area contributed by atoms with Gasteiger partial charge in [-0.05, 0) is 26.0 Å². The van der Waals surface area contributed by atoms with E-state index in [1.54, 1.807) is 13.8 Å². The maximum absolute atomic E-state index is 13.7. The van der Waals surface area contributed by atoms with Crippen LogP contribution in [0.15, 0.2) is 21.4 Å². The minimum atomic E-state index is -4.20. The van der Waals surface area contributed by atoms with Gasteiger partial charge in [-0.25, -0.2) is 26.9 Å². The number of anilines is 1. The van der Waals surface area contributed by atoms with E-state index in [1.807, 2.05) is 0 Å². The van der Waals surface area contributed by atoms with Crippen LogP contribution < -0.4 is 10.5 Å². The first-order valence-electron chi connectivity index (χ1n) is 5.88. The second-order valence-corrected chi connectivity index (χ2v) is 6.08. The van der Waals surface area contributed by atoms with E-state index in [0.717, 1.165) is 12.1 Å². The van der Waals surface area contributed by atoms with Crippen LogP contribution in [0.3, 0.4) is 0 Å². The number of oxazole rings is 1. The van der Waals surface area contributed by atoms with Crippen LogP contribution in [0.5, 0.6) is 0 Å². The molecule has 1 aromatic heterocycles. The third kappa shape index (κ3) is 3.03. The SMILES string of the molecule is Cc1nc(CNS(=O)(=O)c2ccc(F)c(N)c2F)oc1C. The second kappa shape index (κ2) is 5.41. The molecule has 0 aliphatic heterocycles. The van der Waals surface area contributed by atoms with E-state index in [9.17, 15) is 17.2 Å². The summed E-state index contributed by atoms with van der Waals surface area (Å²) < 4.78 is 58.1. The van der Waals surface area contributed by atoms with Crippen molar-refractivity contribution < 1.29 is 21.6 Å². The van der Waals surface area contributed by atoms with Gasteiger partial charge in [-0.2, -0.15) is 0 Å². The summed E-state index contributed by atoms with van der Waals surface area (Å²) >= 11 is 0. The highest BCUT2D eigenvalue weighted by Gasteiger charge is 2.23. The molecule has 2 aromatic rings. The summed E-state index contributed by atoms with van der Waals surface area (Å²) in [6.45, 7) is 3.13. The van der Waals surface area contributed by atoms with Gasteiger partial charge in [0.1, 0.15) is 22.2 Å². The zero-order valence-corrected chi connectivity index (χ0v) is 12.1. The number of halogens is 2. The fourth-order valence-corrected chi connectivity index (χ4v) is 2.67. The van der Waals surface area contributed by atoms with Gasteiger partial charge in [0.25, 0.3) is 0 Å². The first kappa shape index (κ1) is 15.4. The normalized spacial score (nSPS) is 11.8. The molecule has 0 aliphatic carbocycles. The molecule has 0 saturated carbocycles. The van der Waals surface area contributed by atoms with Crippen molar-refractivity contribution in [3.8, 4) is 0 Å². The molecule has 1 heterocycles. The number of aromatic nitrogens is 1. The van der Waals surface area contributed by atoms with Gasteiger partial charge in [-0.15, -0.1) is 0 Å². The Labute approximate surface area is 120 Å². The molecule has 1 aromatic carbocycles. The van der Waals surface area contributed by atoms with Gasteiger partial charge in [0.15, 0.2) is 5.82 Å².